The van der Waals surface area contributed by atoms with Crippen LogP contribution in [0.1, 0.15) is 38.3 Å². The van der Waals surface area contributed by atoms with Crippen molar-refractivity contribution in [2.24, 2.45) is 0 Å². The Hall–Kier alpha value is -2.21. The van der Waals surface area contributed by atoms with Crippen molar-refractivity contribution < 1.29 is 17.6 Å². The van der Waals surface area contributed by atoms with Crippen molar-refractivity contribution in [2.45, 2.75) is 38.4 Å². The maximum absolute atomic E-state index is 13.5. The van der Waals surface area contributed by atoms with Crippen LogP contribution in [-0.2, 0) is 25.8 Å². The number of halogens is 1. The molecule has 4 nitrogen and oxygen atoms in total. The van der Waals surface area contributed by atoms with Gasteiger partial charge in [-0.05, 0) is 28.7 Å². The summed E-state index contributed by atoms with van der Waals surface area (Å²) in [7, 11) is -3.44. The van der Waals surface area contributed by atoms with Crippen molar-refractivity contribution in [3.63, 3.8) is 0 Å². The van der Waals surface area contributed by atoms with Crippen LogP contribution in [0.15, 0.2) is 48.5 Å². The second kappa shape index (κ2) is 7.99. The number of carbonyl (C=O) groups is 1. The van der Waals surface area contributed by atoms with Gasteiger partial charge in [-0.3, -0.25) is 4.79 Å². The zero-order valence-electron chi connectivity index (χ0n) is 15.3. The van der Waals surface area contributed by atoms with Crippen molar-refractivity contribution in [1.82, 2.24) is 0 Å². The van der Waals surface area contributed by atoms with Crippen molar-refractivity contribution in [2.75, 3.05) is 11.1 Å². The summed E-state index contributed by atoms with van der Waals surface area (Å²) in [5.74, 6) is -1.48. The molecule has 0 aliphatic carbocycles. The summed E-state index contributed by atoms with van der Waals surface area (Å²) in [5.41, 5.74) is 1.87. The fourth-order valence-electron chi connectivity index (χ4n) is 2.45. The van der Waals surface area contributed by atoms with Crippen LogP contribution in [0, 0.1) is 5.82 Å². The molecule has 0 unspecified atom stereocenters. The highest BCUT2D eigenvalue weighted by molar-refractivity contribution is 7.90. The molecule has 1 amide bonds. The van der Waals surface area contributed by atoms with Crippen molar-refractivity contribution in [1.29, 1.82) is 0 Å². The zero-order chi connectivity index (χ0) is 19.4. The molecule has 0 aromatic heterocycles. The second-order valence-electron chi connectivity index (χ2n) is 7.32. The molecule has 0 aliphatic heterocycles. The van der Waals surface area contributed by atoms with Crippen LogP contribution in [0.5, 0.6) is 0 Å². The van der Waals surface area contributed by atoms with Crippen LogP contribution in [0.2, 0.25) is 0 Å². The van der Waals surface area contributed by atoms with Gasteiger partial charge in [0.05, 0.1) is 17.2 Å². The van der Waals surface area contributed by atoms with Crippen LogP contribution >= 0.6 is 0 Å². The fourth-order valence-corrected chi connectivity index (χ4v) is 3.79. The number of hydrogen-bond acceptors (Lipinski definition) is 3. The van der Waals surface area contributed by atoms with E-state index in [0.717, 1.165) is 5.56 Å². The van der Waals surface area contributed by atoms with Crippen molar-refractivity contribution in [3.8, 4) is 0 Å². The van der Waals surface area contributed by atoms with E-state index in [0.29, 0.717) is 5.56 Å². The van der Waals surface area contributed by atoms with E-state index in [1.165, 1.54) is 18.2 Å². The first-order valence-electron chi connectivity index (χ1n) is 8.41. The van der Waals surface area contributed by atoms with Crippen LogP contribution in [-0.4, -0.2) is 20.1 Å². The number of rotatable bonds is 6. The molecule has 2 rings (SSSR count). The SMILES string of the molecule is CC(C)(C)c1ccc(CS(=O)(=O)CCC(=O)Nc2ccccc2F)cc1. The zero-order valence-corrected chi connectivity index (χ0v) is 16.1. The first-order valence-corrected chi connectivity index (χ1v) is 10.2. The number of para-hydroxylation sites is 1. The molecule has 0 radical (unpaired) electrons. The van der Waals surface area contributed by atoms with Gasteiger partial charge in [0.15, 0.2) is 9.84 Å². The van der Waals surface area contributed by atoms with Gasteiger partial charge < -0.3 is 5.32 Å². The third-order valence-corrected chi connectivity index (χ3v) is 5.59. The average Bonchev–Trinajstić information content (AvgIpc) is 2.55. The largest absolute Gasteiger partial charge is 0.324 e. The predicted molar refractivity (Wildman–Crippen MR) is 102 cm³/mol. The lowest BCUT2D eigenvalue weighted by molar-refractivity contribution is -0.115. The number of amides is 1. The van der Waals surface area contributed by atoms with E-state index in [9.17, 15) is 17.6 Å². The van der Waals surface area contributed by atoms with Gasteiger partial charge in [0.2, 0.25) is 5.91 Å². The molecule has 140 valence electrons. The first kappa shape index (κ1) is 20.1. The van der Waals surface area contributed by atoms with Gasteiger partial charge in [-0.1, -0.05) is 57.2 Å². The Morgan fingerprint density at radius 3 is 2.23 bits per heavy atom. The van der Waals surface area contributed by atoms with E-state index in [2.05, 4.69) is 26.1 Å². The van der Waals surface area contributed by atoms with E-state index in [4.69, 9.17) is 0 Å². The second-order valence-corrected chi connectivity index (χ2v) is 9.50. The molecule has 0 aliphatic rings. The number of benzene rings is 2. The summed E-state index contributed by atoms with van der Waals surface area (Å²) in [6.07, 6.45) is -0.212. The minimum atomic E-state index is -3.44. The van der Waals surface area contributed by atoms with E-state index in [1.807, 2.05) is 12.1 Å². The van der Waals surface area contributed by atoms with Crippen LogP contribution in [0.4, 0.5) is 10.1 Å². The van der Waals surface area contributed by atoms with E-state index in [1.54, 1.807) is 18.2 Å². The highest BCUT2D eigenvalue weighted by Crippen LogP contribution is 2.22. The summed E-state index contributed by atoms with van der Waals surface area (Å²) in [6.45, 7) is 6.27. The number of sulfone groups is 1. The first-order chi connectivity index (χ1) is 12.1. The fraction of sp³-hybridized carbons (Fsp3) is 0.350. The third kappa shape index (κ3) is 5.95. The Kier molecular flexibility index (Phi) is 6.18. The highest BCUT2D eigenvalue weighted by Gasteiger charge is 2.17. The smallest absolute Gasteiger partial charge is 0.225 e. The molecular formula is C20H24FNO3S. The molecule has 2 aromatic rings. The van der Waals surface area contributed by atoms with Gasteiger partial charge in [-0.15, -0.1) is 0 Å². The Labute approximate surface area is 154 Å². The molecule has 0 fully saturated rings. The van der Waals surface area contributed by atoms with E-state index < -0.39 is 21.6 Å². The lowest BCUT2D eigenvalue weighted by Gasteiger charge is -2.19. The summed E-state index contributed by atoms with van der Waals surface area (Å²) in [6, 6.07) is 13.2. The van der Waals surface area contributed by atoms with Crippen LogP contribution < -0.4 is 5.32 Å². The van der Waals surface area contributed by atoms with Gasteiger partial charge >= 0.3 is 0 Å². The minimum Gasteiger partial charge on any atom is -0.324 e. The maximum Gasteiger partial charge on any atom is 0.225 e. The predicted octanol–water partition coefficient (Wildman–Crippen LogP) is 4.07. The third-order valence-electron chi connectivity index (χ3n) is 3.99. The molecule has 1 N–H and O–H groups in total. The summed E-state index contributed by atoms with van der Waals surface area (Å²) < 4.78 is 38.0. The molecule has 0 spiro atoms. The summed E-state index contributed by atoms with van der Waals surface area (Å²) in [4.78, 5) is 11.9. The number of anilines is 1. The Bertz CT molecular complexity index is 869. The Balaban J connectivity index is 1.92. The molecule has 0 atom stereocenters. The molecule has 0 saturated heterocycles. The molecule has 26 heavy (non-hydrogen) atoms. The highest BCUT2D eigenvalue weighted by atomic mass is 32.2. The monoisotopic (exact) mass is 377 g/mol. The van der Waals surface area contributed by atoms with Crippen LogP contribution in [0.3, 0.4) is 0 Å². The van der Waals surface area contributed by atoms with Gasteiger partial charge in [-0.2, -0.15) is 0 Å². The Morgan fingerprint density at radius 1 is 1.04 bits per heavy atom. The summed E-state index contributed by atoms with van der Waals surface area (Å²) >= 11 is 0. The lowest BCUT2D eigenvalue weighted by Crippen LogP contribution is -2.19. The minimum absolute atomic E-state index is 0.00219. The lowest BCUT2D eigenvalue weighted by atomic mass is 9.87. The number of carbonyl (C=O) groups excluding carboxylic acids is 1. The van der Waals surface area contributed by atoms with Gasteiger partial charge in [0.25, 0.3) is 0 Å². The quantitative estimate of drug-likeness (QED) is 0.825. The van der Waals surface area contributed by atoms with Gasteiger partial charge in [0.1, 0.15) is 5.82 Å². The molecule has 2 aromatic carbocycles. The maximum atomic E-state index is 13.5. The van der Waals surface area contributed by atoms with Crippen LogP contribution in [0.25, 0.3) is 0 Å². The van der Waals surface area contributed by atoms with E-state index >= 15 is 0 Å². The topological polar surface area (TPSA) is 63.2 Å². The van der Waals surface area contributed by atoms with Gasteiger partial charge in [0, 0.05) is 6.42 Å². The molecule has 0 heterocycles. The average molecular weight is 377 g/mol. The molecule has 6 heteroatoms. The Morgan fingerprint density at radius 2 is 1.65 bits per heavy atom. The molecular weight excluding hydrogens is 353 g/mol. The summed E-state index contributed by atoms with van der Waals surface area (Å²) in [5, 5.41) is 2.39. The number of nitrogens with one attached hydrogen (secondary N) is 1. The van der Waals surface area contributed by atoms with Crippen molar-refractivity contribution in [3.05, 3.63) is 65.5 Å². The normalized spacial score (nSPS) is 12.0. The standard InChI is InChI=1S/C20H24FNO3S/c1-20(2,3)16-10-8-15(9-11-16)14-26(24,25)13-12-19(23)22-18-7-5-4-6-17(18)21/h4-11H,12-14H2,1-3H3,(H,22,23). The molecule has 0 saturated carbocycles. The van der Waals surface area contributed by atoms with Crippen molar-refractivity contribution >= 4 is 21.4 Å². The van der Waals surface area contributed by atoms with E-state index in [-0.39, 0.29) is 29.0 Å². The van der Waals surface area contributed by atoms with Gasteiger partial charge in [-0.25, -0.2) is 12.8 Å². The number of hydrogen-bond donors (Lipinski definition) is 1. The molecule has 0 bridgehead atoms.